The second kappa shape index (κ2) is 8.12. The number of carbonyl (C=O) groups is 1. The maximum atomic E-state index is 11.2. The molecule has 0 radical (unpaired) electrons. The molecule has 0 aliphatic carbocycles. The van der Waals surface area contributed by atoms with Gasteiger partial charge in [-0.05, 0) is 45.4 Å². The monoisotopic (exact) mass is 252 g/mol. The summed E-state index contributed by atoms with van der Waals surface area (Å²) in [6, 6.07) is 0. The number of rotatable bonds is 6. The van der Waals surface area contributed by atoms with Crippen molar-refractivity contribution >= 4 is 5.97 Å². The molecule has 2 nitrogen and oxygen atoms in total. The Morgan fingerprint density at radius 3 is 2.28 bits per heavy atom. The van der Waals surface area contributed by atoms with Crippen molar-refractivity contribution in [1.29, 1.82) is 0 Å². The van der Waals surface area contributed by atoms with E-state index in [2.05, 4.69) is 33.8 Å². The lowest BCUT2D eigenvalue weighted by Gasteiger charge is -2.18. The fourth-order valence-corrected chi connectivity index (χ4v) is 1.91. The van der Waals surface area contributed by atoms with Crippen molar-refractivity contribution < 1.29 is 9.53 Å². The summed E-state index contributed by atoms with van der Waals surface area (Å²) in [5.41, 5.74) is 2.84. The van der Waals surface area contributed by atoms with E-state index in [1.165, 1.54) is 5.57 Å². The molecule has 0 N–H and O–H groups in total. The summed E-state index contributed by atoms with van der Waals surface area (Å²) in [7, 11) is 0. The van der Waals surface area contributed by atoms with Gasteiger partial charge in [0.2, 0.25) is 0 Å². The molecule has 2 heteroatoms. The van der Waals surface area contributed by atoms with E-state index in [-0.39, 0.29) is 5.97 Å². The molecular formula is C16H28O2. The van der Waals surface area contributed by atoms with E-state index in [1.54, 1.807) is 6.08 Å². The Labute approximate surface area is 112 Å². The predicted molar refractivity (Wildman–Crippen MR) is 77.5 cm³/mol. The van der Waals surface area contributed by atoms with Gasteiger partial charge in [-0.3, -0.25) is 0 Å². The molecule has 0 aliphatic heterocycles. The molecule has 0 unspecified atom stereocenters. The molecule has 0 spiro atoms. The number of ether oxygens (including phenoxy) is 1. The summed E-state index contributed by atoms with van der Waals surface area (Å²) in [5, 5.41) is 0. The third-order valence-corrected chi connectivity index (χ3v) is 2.49. The largest absolute Gasteiger partial charge is 0.463 e. The van der Waals surface area contributed by atoms with Crippen LogP contribution in [-0.2, 0) is 9.53 Å². The van der Waals surface area contributed by atoms with Crippen LogP contribution in [0.5, 0.6) is 0 Å². The Bertz CT molecular complexity index is 316. The van der Waals surface area contributed by atoms with Gasteiger partial charge in [0, 0.05) is 6.08 Å². The smallest absolute Gasteiger partial charge is 0.330 e. The minimum absolute atomic E-state index is 0.231. The molecule has 0 bridgehead atoms. The summed E-state index contributed by atoms with van der Waals surface area (Å²) in [4.78, 5) is 11.2. The Morgan fingerprint density at radius 1 is 1.17 bits per heavy atom. The van der Waals surface area contributed by atoms with Crippen LogP contribution < -0.4 is 0 Å². The third-order valence-electron chi connectivity index (χ3n) is 2.49. The van der Waals surface area contributed by atoms with Crippen LogP contribution in [0.1, 0.15) is 60.8 Å². The SMILES string of the molecule is CCOC(=O)C=C(C)CCC=C(C)CC(C)(C)C. The van der Waals surface area contributed by atoms with Gasteiger partial charge < -0.3 is 4.74 Å². The van der Waals surface area contributed by atoms with Gasteiger partial charge >= 0.3 is 5.97 Å². The second-order valence-corrected chi connectivity index (χ2v) is 6.07. The van der Waals surface area contributed by atoms with Crippen molar-refractivity contribution in [3.63, 3.8) is 0 Å². The summed E-state index contributed by atoms with van der Waals surface area (Å²) in [6.45, 7) is 13.1. The van der Waals surface area contributed by atoms with Crippen LogP contribution in [-0.4, -0.2) is 12.6 Å². The van der Waals surface area contributed by atoms with Crippen LogP contribution in [0.3, 0.4) is 0 Å². The number of esters is 1. The van der Waals surface area contributed by atoms with Crippen molar-refractivity contribution in [2.45, 2.75) is 60.8 Å². The summed E-state index contributed by atoms with van der Waals surface area (Å²) in [5.74, 6) is -0.231. The zero-order chi connectivity index (χ0) is 14.2. The zero-order valence-electron chi connectivity index (χ0n) is 12.8. The topological polar surface area (TPSA) is 26.3 Å². The fourth-order valence-electron chi connectivity index (χ4n) is 1.91. The minimum atomic E-state index is -0.231. The van der Waals surface area contributed by atoms with E-state index in [1.807, 2.05) is 13.8 Å². The van der Waals surface area contributed by atoms with Crippen molar-refractivity contribution in [2.75, 3.05) is 6.61 Å². The molecule has 0 rings (SSSR count). The van der Waals surface area contributed by atoms with E-state index in [0.29, 0.717) is 12.0 Å². The quantitative estimate of drug-likeness (QED) is 0.390. The van der Waals surface area contributed by atoms with Crippen LogP contribution in [0.25, 0.3) is 0 Å². The second-order valence-electron chi connectivity index (χ2n) is 6.07. The summed E-state index contributed by atoms with van der Waals surface area (Å²) in [6.07, 6.45) is 6.89. The first kappa shape index (κ1) is 16.9. The highest BCUT2D eigenvalue weighted by Crippen LogP contribution is 2.24. The number of allylic oxidation sites excluding steroid dienone is 3. The molecule has 18 heavy (non-hydrogen) atoms. The van der Waals surface area contributed by atoms with Crippen molar-refractivity contribution in [3.05, 3.63) is 23.3 Å². The Morgan fingerprint density at radius 2 is 1.78 bits per heavy atom. The van der Waals surface area contributed by atoms with Gasteiger partial charge in [0.15, 0.2) is 0 Å². The van der Waals surface area contributed by atoms with Crippen molar-refractivity contribution in [2.24, 2.45) is 5.41 Å². The summed E-state index contributed by atoms with van der Waals surface area (Å²) < 4.78 is 4.88. The van der Waals surface area contributed by atoms with Gasteiger partial charge in [0.1, 0.15) is 0 Å². The maximum absolute atomic E-state index is 11.2. The van der Waals surface area contributed by atoms with Gasteiger partial charge in [0.25, 0.3) is 0 Å². The number of hydrogen-bond acceptors (Lipinski definition) is 2. The van der Waals surface area contributed by atoms with Crippen LogP contribution in [0.4, 0.5) is 0 Å². The molecule has 0 fully saturated rings. The summed E-state index contributed by atoms with van der Waals surface area (Å²) >= 11 is 0. The molecule has 0 aliphatic rings. The van der Waals surface area contributed by atoms with Gasteiger partial charge in [0.05, 0.1) is 6.61 Å². The van der Waals surface area contributed by atoms with Crippen LogP contribution in [0, 0.1) is 5.41 Å². The predicted octanol–water partition coefficient (Wildman–Crippen LogP) is 4.66. The molecule has 0 saturated heterocycles. The van der Waals surface area contributed by atoms with Gasteiger partial charge in [-0.15, -0.1) is 0 Å². The van der Waals surface area contributed by atoms with Crippen LogP contribution >= 0.6 is 0 Å². The Hall–Kier alpha value is -1.05. The van der Waals surface area contributed by atoms with Crippen LogP contribution in [0.2, 0.25) is 0 Å². The molecule has 0 heterocycles. The average molecular weight is 252 g/mol. The lowest BCUT2D eigenvalue weighted by atomic mass is 9.88. The van der Waals surface area contributed by atoms with E-state index < -0.39 is 0 Å². The van der Waals surface area contributed by atoms with E-state index >= 15 is 0 Å². The molecule has 0 amide bonds. The molecule has 104 valence electrons. The molecular weight excluding hydrogens is 224 g/mol. The molecule has 0 aromatic rings. The van der Waals surface area contributed by atoms with Crippen molar-refractivity contribution in [1.82, 2.24) is 0 Å². The Kier molecular flexibility index (Phi) is 7.65. The average Bonchev–Trinajstić information content (AvgIpc) is 2.14. The molecule has 0 aromatic carbocycles. The first-order valence-corrected chi connectivity index (χ1v) is 6.74. The highest BCUT2D eigenvalue weighted by Gasteiger charge is 2.10. The lowest BCUT2D eigenvalue weighted by molar-refractivity contribution is -0.137. The molecule has 0 aromatic heterocycles. The first-order chi connectivity index (χ1) is 8.24. The van der Waals surface area contributed by atoms with Gasteiger partial charge in [-0.25, -0.2) is 4.79 Å². The lowest BCUT2D eigenvalue weighted by Crippen LogP contribution is -2.04. The standard InChI is InChI=1S/C16H28O2/c1-7-18-15(17)11-13(2)9-8-10-14(3)12-16(4,5)6/h10-11H,7-9,12H2,1-6H3. The number of carbonyl (C=O) groups excluding carboxylic acids is 1. The minimum Gasteiger partial charge on any atom is -0.463 e. The zero-order valence-corrected chi connectivity index (χ0v) is 12.8. The van der Waals surface area contributed by atoms with Gasteiger partial charge in [-0.1, -0.05) is 38.0 Å². The Balaban J connectivity index is 4.10. The fraction of sp³-hybridized carbons (Fsp3) is 0.688. The van der Waals surface area contributed by atoms with Crippen LogP contribution in [0.15, 0.2) is 23.3 Å². The van der Waals surface area contributed by atoms with E-state index in [0.717, 1.165) is 24.8 Å². The van der Waals surface area contributed by atoms with Gasteiger partial charge in [-0.2, -0.15) is 0 Å². The highest BCUT2D eigenvalue weighted by molar-refractivity contribution is 5.82. The third kappa shape index (κ3) is 10.1. The maximum Gasteiger partial charge on any atom is 0.330 e. The normalized spacial score (nSPS) is 13.7. The first-order valence-electron chi connectivity index (χ1n) is 6.74. The number of hydrogen-bond donors (Lipinski definition) is 0. The highest BCUT2D eigenvalue weighted by atomic mass is 16.5. The van der Waals surface area contributed by atoms with Crippen molar-refractivity contribution in [3.8, 4) is 0 Å². The molecule has 0 saturated carbocycles. The molecule has 0 atom stereocenters. The van der Waals surface area contributed by atoms with E-state index in [9.17, 15) is 4.79 Å². The van der Waals surface area contributed by atoms with E-state index in [4.69, 9.17) is 4.74 Å².